The third kappa shape index (κ3) is 4.64. The van der Waals surface area contributed by atoms with Gasteiger partial charge in [-0.25, -0.2) is 4.39 Å². The van der Waals surface area contributed by atoms with E-state index in [4.69, 9.17) is 0 Å². The molecule has 21 heavy (non-hydrogen) atoms. The second-order valence-corrected chi connectivity index (χ2v) is 6.60. The van der Waals surface area contributed by atoms with Gasteiger partial charge in [0, 0.05) is 15.4 Å². The van der Waals surface area contributed by atoms with Crippen LogP contribution in [0.1, 0.15) is 24.8 Å². The number of hydrogen-bond donors (Lipinski definition) is 1. The average molecular weight is 415 g/mol. The van der Waals surface area contributed by atoms with Crippen LogP contribution in [0.15, 0.2) is 51.4 Å². The van der Waals surface area contributed by atoms with Crippen LogP contribution in [0.25, 0.3) is 0 Å². The zero-order valence-corrected chi connectivity index (χ0v) is 14.5. The van der Waals surface area contributed by atoms with Crippen molar-refractivity contribution in [3.8, 4) is 0 Å². The highest BCUT2D eigenvalue weighted by atomic mass is 79.9. The van der Waals surface area contributed by atoms with Crippen LogP contribution in [-0.4, -0.2) is 5.91 Å². The number of carbonyl (C=O) groups excluding carboxylic acids is 1. The van der Waals surface area contributed by atoms with Crippen LogP contribution in [0.5, 0.6) is 0 Å². The van der Waals surface area contributed by atoms with E-state index in [1.165, 1.54) is 12.1 Å². The normalized spacial score (nSPS) is 12.0. The number of hydrogen-bond acceptors (Lipinski definition) is 1. The maximum atomic E-state index is 12.9. The first kappa shape index (κ1) is 16.2. The number of amides is 1. The highest BCUT2D eigenvalue weighted by Crippen LogP contribution is 2.27. The number of nitrogens with one attached hydrogen (secondary N) is 1. The Morgan fingerprint density at radius 1 is 1.19 bits per heavy atom. The fourth-order valence-corrected chi connectivity index (χ4v) is 2.69. The second-order valence-electron chi connectivity index (χ2n) is 4.83. The Morgan fingerprint density at radius 3 is 2.52 bits per heavy atom. The minimum absolute atomic E-state index is 0.0246. The summed E-state index contributed by atoms with van der Waals surface area (Å²) in [7, 11) is 0. The maximum Gasteiger partial charge on any atom is 0.225 e. The summed E-state index contributed by atoms with van der Waals surface area (Å²) in [5.74, 6) is -0.323. The fraction of sp³-hybridized carbons (Fsp3) is 0.188. The Balaban J connectivity index is 2.01. The minimum atomic E-state index is -0.270. The quantitative estimate of drug-likeness (QED) is 0.704. The number of halogens is 3. The Labute approximate surface area is 140 Å². The molecular formula is C16H14Br2FNO. The summed E-state index contributed by atoms with van der Waals surface area (Å²) in [4.78, 5) is 12.1. The van der Waals surface area contributed by atoms with Gasteiger partial charge < -0.3 is 5.32 Å². The molecule has 2 aromatic carbocycles. The topological polar surface area (TPSA) is 29.1 Å². The van der Waals surface area contributed by atoms with Crippen molar-refractivity contribution in [2.24, 2.45) is 0 Å². The molecule has 2 nitrogen and oxygen atoms in total. The lowest BCUT2D eigenvalue weighted by atomic mass is 9.97. The summed E-state index contributed by atoms with van der Waals surface area (Å²) < 4.78 is 14.6. The van der Waals surface area contributed by atoms with Crippen molar-refractivity contribution in [2.75, 3.05) is 5.32 Å². The maximum absolute atomic E-state index is 12.9. The summed E-state index contributed by atoms with van der Waals surface area (Å²) in [5, 5.41) is 2.87. The van der Waals surface area contributed by atoms with Gasteiger partial charge in [0.25, 0.3) is 0 Å². The van der Waals surface area contributed by atoms with Gasteiger partial charge in [-0.15, -0.1) is 0 Å². The van der Waals surface area contributed by atoms with Crippen molar-refractivity contribution >= 4 is 43.5 Å². The third-order valence-corrected chi connectivity index (χ3v) is 4.32. The van der Waals surface area contributed by atoms with E-state index in [1.54, 1.807) is 12.1 Å². The standard InChI is InChI=1S/C16H14Br2FNO/c1-10(11-2-5-13(19)6-3-11)8-16(21)20-15-9-12(17)4-7-14(15)18/h2-7,9-10H,8H2,1H3,(H,20,21). The van der Waals surface area contributed by atoms with Gasteiger partial charge in [0.2, 0.25) is 5.91 Å². The molecule has 2 rings (SSSR count). The molecule has 0 aliphatic heterocycles. The Bertz CT molecular complexity index is 643. The molecule has 0 saturated carbocycles. The molecule has 0 fully saturated rings. The van der Waals surface area contributed by atoms with Crippen molar-refractivity contribution in [1.82, 2.24) is 0 Å². The van der Waals surface area contributed by atoms with Crippen LogP contribution in [-0.2, 0) is 4.79 Å². The fourth-order valence-electron chi connectivity index (χ4n) is 1.98. The average Bonchev–Trinajstić information content (AvgIpc) is 2.43. The highest BCUT2D eigenvalue weighted by Gasteiger charge is 2.13. The van der Waals surface area contributed by atoms with Crippen LogP contribution in [0.2, 0.25) is 0 Å². The van der Waals surface area contributed by atoms with Crippen molar-refractivity contribution in [2.45, 2.75) is 19.3 Å². The molecule has 1 unspecified atom stereocenters. The molecule has 2 aromatic rings. The lowest BCUT2D eigenvalue weighted by Gasteiger charge is -2.13. The Kier molecular flexibility index (Phi) is 5.53. The summed E-state index contributed by atoms with van der Waals surface area (Å²) in [6.45, 7) is 1.95. The molecule has 0 radical (unpaired) electrons. The number of rotatable bonds is 4. The summed E-state index contributed by atoms with van der Waals surface area (Å²) >= 11 is 6.77. The SMILES string of the molecule is CC(CC(=O)Nc1cc(Br)ccc1Br)c1ccc(F)cc1. The smallest absolute Gasteiger partial charge is 0.225 e. The van der Waals surface area contributed by atoms with Crippen molar-refractivity contribution in [3.05, 3.63) is 62.8 Å². The molecule has 110 valence electrons. The molecule has 0 aliphatic carbocycles. The predicted octanol–water partition coefficient (Wildman–Crippen LogP) is 5.48. The van der Waals surface area contributed by atoms with Gasteiger partial charge in [-0.05, 0) is 57.7 Å². The third-order valence-electron chi connectivity index (χ3n) is 3.13. The second kappa shape index (κ2) is 7.18. The van der Waals surface area contributed by atoms with E-state index in [2.05, 4.69) is 37.2 Å². The molecule has 1 N–H and O–H groups in total. The Morgan fingerprint density at radius 2 is 1.86 bits per heavy atom. The molecule has 0 saturated heterocycles. The molecule has 0 heterocycles. The van der Waals surface area contributed by atoms with Crippen LogP contribution in [0, 0.1) is 5.82 Å². The van der Waals surface area contributed by atoms with Gasteiger partial charge >= 0.3 is 0 Å². The van der Waals surface area contributed by atoms with Gasteiger partial charge in [-0.3, -0.25) is 4.79 Å². The van der Waals surface area contributed by atoms with E-state index in [-0.39, 0.29) is 17.6 Å². The van der Waals surface area contributed by atoms with E-state index in [1.807, 2.05) is 25.1 Å². The van der Waals surface area contributed by atoms with Gasteiger partial charge in [-0.1, -0.05) is 35.0 Å². The first-order valence-corrected chi connectivity index (χ1v) is 8.04. The predicted molar refractivity (Wildman–Crippen MR) is 89.9 cm³/mol. The first-order valence-electron chi connectivity index (χ1n) is 6.46. The molecule has 1 amide bonds. The summed E-state index contributed by atoms with van der Waals surface area (Å²) in [6, 6.07) is 11.8. The number of anilines is 1. The zero-order valence-electron chi connectivity index (χ0n) is 11.4. The van der Waals surface area contributed by atoms with E-state index >= 15 is 0 Å². The monoisotopic (exact) mass is 413 g/mol. The van der Waals surface area contributed by atoms with Crippen molar-refractivity contribution in [3.63, 3.8) is 0 Å². The van der Waals surface area contributed by atoms with Crippen molar-refractivity contribution in [1.29, 1.82) is 0 Å². The molecule has 0 aliphatic rings. The lowest BCUT2D eigenvalue weighted by Crippen LogP contribution is -2.14. The summed E-state index contributed by atoms with van der Waals surface area (Å²) in [6.07, 6.45) is 0.338. The van der Waals surface area contributed by atoms with E-state index in [0.717, 1.165) is 20.2 Å². The van der Waals surface area contributed by atoms with Gasteiger partial charge in [-0.2, -0.15) is 0 Å². The first-order chi connectivity index (χ1) is 9.95. The number of benzene rings is 2. The molecule has 0 aromatic heterocycles. The zero-order chi connectivity index (χ0) is 15.4. The molecule has 0 bridgehead atoms. The van der Waals surface area contributed by atoms with E-state index in [9.17, 15) is 9.18 Å². The lowest BCUT2D eigenvalue weighted by molar-refractivity contribution is -0.116. The Hall–Kier alpha value is -1.20. The molecule has 0 spiro atoms. The molecule has 5 heteroatoms. The highest BCUT2D eigenvalue weighted by molar-refractivity contribution is 9.11. The van der Waals surface area contributed by atoms with Gasteiger partial charge in [0.05, 0.1) is 5.69 Å². The van der Waals surface area contributed by atoms with Crippen molar-refractivity contribution < 1.29 is 9.18 Å². The van der Waals surface area contributed by atoms with Crippen LogP contribution >= 0.6 is 31.9 Å². The largest absolute Gasteiger partial charge is 0.325 e. The molecular weight excluding hydrogens is 401 g/mol. The van der Waals surface area contributed by atoms with E-state index < -0.39 is 0 Å². The molecule has 1 atom stereocenters. The van der Waals surface area contributed by atoms with Gasteiger partial charge in [0.15, 0.2) is 0 Å². The van der Waals surface area contributed by atoms with Crippen LogP contribution in [0.3, 0.4) is 0 Å². The van der Waals surface area contributed by atoms with E-state index in [0.29, 0.717) is 6.42 Å². The van der Waals surface area contributed by atoms with Crippen LogP contribution in [0.4, 0.5) is 10.1 Å². The summed E-state index contributed by atoms with van der Waals surface area (Å²) in [5.41, 5.74) is 1.67. The number of carbonyl (C=O) groups is 1. The van der Waals surface area contributed by atoms with Gasteiger partial charge in [0.1, 0.15) is 5.82 Å². The minimum Gasteiger partial charge on any atom is -0.325 e. The van der Waals surface area contributed by atoms with Crippen LogP contribution < -0.4 is 5.32 Å².